The van der Waals surface area contributed by atoms with Crippen molar-refractivity contribution in [3.05, 3.63) is 0 Å². The number of hydrogen-bond donors (Lipinski definition) is 2. The zero-order valence-corrected chi connectivity index (χ0v) is 5.00. The smallest absolute Gasteiger partial charge is 0.0547 e. The Morgan fingerprint density at radius 1 is 1.50 bits per heavy atom. The van der Waals surface area contributed by atoms with Crippen LogP contribution in [0.4, 0.5) is 0 Å². The third-order valence-corrected chi connectivity index (χ3v) is 1.16. The van der Waals surface area contributed by atoms with E-state index in [-0.39, 0.29) is 0 Å². The molecule has 1 unspecified atom stereocenters. The van der Waals surface area contributed by atoms with Gasteiger partial charge in [0.1, 0.15) is 0 Å². The summed E-state index contributed by atoms with van der Waals surface area (Å²) in [5.41, 5.74) is 0. The second kappa shape index (κ2) is 5.03. The van der Waals surface area contributed by atoms with Crippen LogP contribution in [-0.2, 0) is 4.74 Å². The second-order valence-corrected chi connectivity index (χ2v) is 1.82. The fraction of sp³-hybridized carbons (Fsp3) is 1.00. The Morgan fingerprint density at radius 2 is 2.12 bits per heavy atom. The van der Waals surface area contributed by atoms with E-state index in [2.05, 4.69) is 6.92 Å². The van der Waals surface area contributed by atoms with Gasteiger partial charge in [0.25, 0.3) is 0 Å². The molecule has 1 heterocycles. The summed E-state index contributed by atoms with van der Waals surface area (Å²) in [6.07, 6.45) is 3.08. The van der Waals surface area contributed by atoms with Gasteiger partial charge >= 0.3 is 0 Å². The van der Waals surface area contributed by atoms with Gasteiger partial charge in [-0.2, -0.15) is 0 Å². The average molecular weight is 120 g/mol. The third kappa shape index (κ3) is 2.96. The van der Waals surface area contributed by atoms with Gasteiger partial charge in [-0.1, -0.05) is 0 Å². The number of rotatable bonds is 0. The van der Waals surface area contributed by atoms with E-state index in [9.17, 15) is 0 Å². The summed E-state index contributed by atoms with van der Waals surface area (Å²) < 4.78 is 5.15. The first-order chi connectivity index (χ1) is 3.89. The van der Waals surface area contributed by atoms with Crippen molar-refractivity contribution in [3.8, 4) is 0 Å². The molecule has 50 valence electrons. The van der Waals surface area contributed by atoms with E-state index in [1.165, 1.54) is 12.8 Å². The maximum atomic E-state index is 6.00. The van der Waals surface area contributed by atoms with Gasteiger partial charge < -0.3 is 4.74 Å². The van der Waals surface area contributed by atoms with E-state index in [0.717, 1.165) is 6.61 Å². The molecule has 0 saturated carbocycles. The van der Waals surface area contributed by atoms with Crippen molar-refractivity contribution in [2.75, 3.05) is 6.61 Å². The van der Waals surface area contributed by atoms with Crippen LogP contribution in [0, 0.1) is 0 Å². The zero-order chi connectivity index (χ0) is 6.41. The fourth-order valence-corrected chi connectivity index (χ4v) is 0.739. The molecule has 1 rings (SSSR count). The highest BCUT2D eigenvalue weighted by molar-refractivity contribution is 4.56. The Balaban J connectivity index is 0.000000222. The molecule has 1 saturated heterocycles. The largest absolute Gasteiger partial charge is 0.379 e. The van der Waals surface area contributed by atoms with Crippen molar-refractivity contribution in [3.63, 3.8) is 0 Å². The maximum absolute atomic E-state index is 6.00. The van der Waals surface area contributed by atoms with E-state index in [1.54, 1.807) is 0 Å². The van der Waals surface area contributed by atoms with Crippen LogP contribution >= 0.6 is 0 Å². The summed E-state index contributed by atoms with van der Waals surface area (Å²) >= 11 is 0. The van der Waals surface area contributed by atoms with Crippen LogP contribution in [0.1, 0.15) is 19.8 Å². The maximum Gasteiger partial charge on any atom is 0.0547 e. The van der Waals surface area contributed by atoms with Crippen LogP contribution in [0.2, 0.25) is 0 Å². The van der Waals surface area contributed by atoms with Gasteiger partial charge in [0.05, 0.1) is 6.10 Å². The Kier molecular flexibility index (Phi) is 4.95. The standard InChI is InChI=1S/C5H10O.H2O2/c1-5-3-2-4-6-5;1-2/h5H,2-4H2,1H3;1-2H. The van der Waals surface area contributed by atoms with Gasteiger partial charge in [-0.15, -0.1) is 0 Å². The molecule has 1 fully saturated rings. The van der Waals surface area contributed by atoms with Crippen molar-refractivity contribution >= 4 is 0 Å². The van der Waals surface area contributed by atoms with Crippen LogP contribution in [-0.4, -0.2) is 23.2 Å². The van der Waals surface area contributed by atoms with Crippen molar-refractivity contribution in [1.82, 2.24) is 0 Å². The molecule has 2 N–H and O–H groups in total. The summed E-state index contributed by atoms with van der Waals surface area (Å²) in [6.45, 7) is 3.11. The molecule has 0 amide bonds. The lowest BCUT2D eigenvalue weighted by molar-refractivity contribution is -0.176. The van der Waals surface area contributed by atoms with Crippen LogP contribution in [0.25, 0.3) is 0 Å². The molecule has 0 spiro atoms. The van der Waals surface area contributed by atoms with Crippen molar-refractivity contribution < 1.29 is 15.3 Å². The molecule has 0 bridgehead atoms. The predicted molar refractivity (Wildman–Crippen MR) is 29.9 cm³/mol. The lowest BCUT2D eigenvalue weighted by Crippen LogP contribution is -1.94. The van der Waals surface area contributed by atoms with Crippen LogP contribution < -0.4 is 0 Å². The molecule has 0 aromatic carbocycles. The summed E-state index contributed by atoms with van der Waals surface area (Å²) in [4.78, 5) is 0. The van der Waals surface area contributed by atoms with Crippen molar-refractivity contribution in [2.45, 2.75) is 25.9 Å². The highest BCUT2D eigenvalue weighted by Gasteiger charge is 2.07. The molecule has 0 aromatic heterocycles. The lowest BCUT2D eigenvalue weighted by atomic mass is 10.3. The minimum absolute atomic E-state index is 0.546. The fourth-order valence-electron chi connectivity index (χ4n) is 0.739. The molecule has 1 atom stereocenters. The molecule has 0 radical (unpaired) electrons. The first kappa shape index (κ1) is 7.88. The summed E-state index contributed by atoms with van der Waals surface area (Å²) in [5.74, 6) is 0. The number of ether oxygens (including phenoxy) is 1. The quantitative estimate of drug-likeness (QED) is 0.373. The lowest BCUT2D eigenvalue weighted by Gasteiger charge is -1.94. The molecule has 1 aliphatic heterocycles. The minimum atomic E-state index is 0.546. The Morgan fingerprint density at radius 3 is 2.25 bits per heavy atom. The Hall–Kier alpha value is -0.120. The molecule has 8 heavy (non-hydrogen) atoms. The van der Waals surface area contributed by atoms with Gasteiger partial charge in [-0.3, -0.25) is 10.5 Å². The van der Waals surface area contributed by atoms with Crippen LogP contribution in [0.3, 0.4) is 0 Å². The molecule has 0 aliphatic carbocycles. The van der Waals surface area contributed by atoms with E-state index in [0.29, 0.717) is 6.10 Å². The predicted octanol–water partition coefficient (Wildman–Crippen LogP) is 1.20. The monoisotopic (exact) mass is 120 g/mol. The first-order valence-electron chi connectivity index (χ1n) is 2.71. The molecular formula is C5H12O3. The average Bonchev–Trinajstić information content (AvgIpc) is 2.24. The van der Waals surface area contributed by atoms with Gasteiger partial charge in [0.2, 0.25) is 0 Å². The molecule has 3 nitrogen and oxygen atoms in total. The van der Waals surface area contributed by atoms with E-state index < -0.39 is 0 Å². The minimum Gasteiger partial charge on any atom is -0.379 e. The summed E-state index contributed by atoms with van der Waals surface area (Å²) in [7, 11) is 0. The zero-order valence-electron chi connectivity index (χ0n) is 5.00. The van der Waals surface area contributed by atoms with Gasteiger partial charge in [0, 0.05) is 6.61 Å². The van der Waals surface area contributed by atoms with Gasteiger partial charge in [-0.25, -0.2) is 0 Å². The van der Waals surface area contributed by atoms with Crippen LogP contribution in [0.5, 0.6) is 0 Å². The van der Waals surface area contributed by atoms with Crippen molar-refractivity contribution in [1.29, 1.82) is 0 Å². The molecule has 0 aromatic rings. The SMILES string of the molecule is CC1CCCO1.OO. The summed E-state index contributed by atoms with van der Waals surface area (Å²) in [5, 5.41) is 12.0. The highest BCUT2D eigenvalue weighted by atomic mass is 17.0. The van der Waals surface area contributed by atoms with Crippen molar-refractivity contribution in [2.24, 2.45) is 0 Å². The number of hydrogen-bond acceptors (Lipinski definition) is 3. The summed E-state index contributed by atoms with van der Waals surface area (Å²) in [6, 6.07) is 0. The van der Waals surface area contributed by atoms with Gasteiger partial charge in [0.15, 0.2) is 0 Å². The first-order valence-corrected chi connectivity index (χ1v) is 2.71. The highest BCUT2D eigenvalue weighted by Crippen LogP contribution is 2.09. The Labute approximate surface area is 48.8 Å². The van der Waals surface area contributed by atoms with E-state index in [4.69, 9.17) is 15.3 Å². The molecule has 3 heteroatoms. The Bertz CT molecular complexity index is 40.9. The van der Waals surface area contributed by atoms with E-state index in [1.807, 2.05) is 0 Å². The van der Waals surface area contributed by atoms with E-state index >= 15 is 0 Å². The second-order valence-electron chi connectivity index (χ2n) is 1.82. The third-order valence-electron chi connectivity index (χ3n) is 1.16. The normalized spacial score (nSPS) is 26.6. The van der Waals surface area contributed by atoms with Crippen LogP contribution in [0.15, 0.2) is 0 Å². The topological polar surface area (TPSA) is 49.7 Å². The van der Waals surface area contributed by atoms with Gasteiger partial charge in [-0.05, 0) is 19.8 Å². The molecular weight excluding hydrogens is 108 g/mol. The molecule has 1 aliphatic rings.